The van der Waals surface area contributed by atoms with Gasteiger partial charge in [-0.15, -0.1) is 0 Å². The summed E-state index contributed by atoms with van der Waals surface area (Å²) in [7, 11) is 0. The van der Waals surface area contributed by atoms with Crippen LogP contribution in [0, 0.1) is 11.8 Å². The zero-order valence-electron chi connectivity index (χ0n) is 9.92. The molecule has 0 spiro atoms. The third-order valence-corrected chi connectivity index (χ3v) is 2.91. The topological polar surface area (TPSA) is 55.1 Å². The first kappa shape index (κ1) is 11.7. The summed E-state index contributed by atoms with van der Waals surface area (Å²) in [6.07, 6.45) is 2.10. The van der Waals surface area contributed by atoms with Crippen LogP contribution in [0.25, 0.3) is 0 Å². The summed E-state index contributed by atoms with van der Waals surface area (Å²) in [6, 6.07) is 7.35. The smallest absolute Gasteiger partial charge is 0.252 e. The van der Waals surface area contributed by atoms with E-state index in [-0.39, 0.29) is 11.4 Å². The molecular formula is C14H16N2O. The Morgan fingerprint density at radius 1 is 1.47 bits per heavy atom. The van der Waals surface area contributed by atoms with Gasteiger partial charge in [0.2, 0.25) is 0 Å². The van der Waals surface area contributed by atoms with E-state index in [0.717, 1.165) is 18.4 Å². The number of amides is 1. The zero-order valence-corrected chi connectivity index (χ0v) is 9.92. The van der Waals surface area contributed by atoms with Crippen LogP contribution < -0.4 is 11.1 Å². The van der Waals surface area contributed by atoms with Gasteiger partial charge in [-0.05, 0) is 31.9 Å². The maximum absolute atomic E-state index is 12.1. The summed E-state index contributed by atoms with van der Waals surface area (Å²) in [5, 5.41) is 3.03. The molecule has 2 rings (SSSR count). The maximum Gasteiger partial charge on any atom is 0.252 e. The van der Waals surface area contributed by atoms with E-state index in [4.69, 9.17) is 5.73 Å². The molecule has 1 aliphatic rings. The Morgan fingerprint density at radius 2 is 2.18 bits per heavy atom. The average Bonchev–Trinajstić information content (AvgIpc) is 3.04. The zero-order chi connectivity index (χ0) is 12.3. The first-order valence-corrected chi connectivity index (χ1v) is 5.75. The average molecular weight is 228 g/mol. The van der Waals surface area contributed by atoms with Crippen molar-refractivity contribution in [2.75, 3.05) is 6.54 Å². The van der Waals surface area contributed by atoms with Crippen LogP contribution in [0.2, 0.25) is 0 Å². The quantitative estimate of drug-likeness (QED) is 0.749. The minimum absolute atomic E-state index is 0.00844. The fraction of sp³-hybridized carbons (Fsp3) is 0.357. The third-order valence-electron chi connectivity index (χ3n) is 2.91. The van der Waals surface area contributed by atoms with Crippen LogP contribution in [0.4, 0.5) is 0 Å². The first-order valence-electron chi connectivity index (χ1n) is 5.75. The number of nitrogens with two attached hydrogens (primary N) is 1. The second kappa shape index (κ2) is 4.60. The maximum atomic E-state index is 12.1. The highest BCUT2D eigenvalue weighted by atomic mass is 16.1. The van der Waals surface area contributed by atoms with Crippen molar-refractivity contribution in [3.63, 3.8) is 0 Å². The lowest BCUT2D eigenvalue weighted by Crippen LogP contribution is -2.34. The monoisotopic (exact) mass is 228 g/mol. The molecule has 88 valence electrons. The highest BCUT2D eigenvalue weighted by molar-refractivity contribution is 5.97. The van der Waals surface area contributed by atoms with E-state index in [9.17, 15) is 4.79 Å². The summed E-state index contributed by atoms with van der Waals surface area (Å²) in [6.45, 7) is 2.35. The molecule has 0 aromatic heterocycles. The molecule has 0 radical (unpaired) electrons. The summed E-state index contributed by atoms with van der Waals surface area (Å²) < 4.78 is 0. The van der Waals surface area contributed by atoms with Gasteiger partial charge in [-0.3, -0.25) is 4.79 Å². The number of hydrogen-bond acceptors (Lipinski definition) is 2. The van der Waals surface area contributed by atoms with Crippen molar-refractivity contribution in [2.24, 2.45) is 5.73 Å². The van der Waals surface area contributed by atoms with Crippen molar-refractivity contribution in [1.29, 1.82) is 0 Å². The van der Waals surface area contributed by atoms with Gasteiger partial charge in [0.15, 0.2) is 0 Å². The Kier molecular flexibility index (Phi) is 3.16. The van der Waals surface area contributed by atoms with Gasteiger partial charge in [0.25, 0.3) is 5.91 Å². The number of rotatable bonds is 2. The molecule has 1 saturated carbocycles. The van der Waals surface area contributed by atoms with Gasteiger partial charge in [-0.1, -0.05) is 24.0 Å². The SMILES string of the molecule is CC1(NC(=O)c2ccccc2C#CCN)CC1. The van der Waals surface area contributed by atoms with Crippen molar-refractivity contribution in [2.45, 2.75) is 25.3 Å². The van der Waals surface area contributed by atoms with Gasteiger partial charge in [0.1, 0.15) is 0 Å². The largest absolute Gasteiger partial charge is 0.347 e. The lowest BCUT2D eigenvalue weighted by atomic mass is 10.1. The highest BCUT2D eigenvalue weighted by Gasteiger charge is 2.38. The van der Waals surface area contributed by atoms with Crippen molar-refractivity contribution >= 4 is 5.91 Å². The van der Waals surface area contributed by atoms with Crippen LogP contribution in [-0.4, -0.2) is 18.0 Å². The van der Waals surface area contributed by atoms with E-state index in [1.807, 2.05) is 18.2 Å². The molecule has 1 aromatic carbocycles. The van der Waals surface area contributed by atoms with Crippen LogP contribution in [0.3, 0.4) is 0 Å². The van der Waals surface area contributed by atoms with Gasteiger partial charge in [-0.2, -0.15) is 0 Å². The third kappa shape index (κ3) is 2.86. The molecule has 17 heavy (non-hydrogen) atoms. The minimum atomic E-state index is -0.0491. The van der Waals surface area contributed by atoms with Crippen LogP contribution in [-0.2, 0) is 0 Å². The number of carbonyl (C=O) groups excluding carboxylic acids is 1. The summed E-state index contributed by atoms with van der Waals surface area (Å²) in [4.78, 5) is 12.1. The molecule has 1 amide bonds. The molecule has 3 heteroatoms. The summed E-state index contributed by atoms with van der Waals surface area (Å²) in [5.41, 5.74) is 6.69. The molecule has 3 N–H and O–H groups in total. The fourth-order valence-electron chi connectivity index (χ4n) is 1.59. The van der Waals surface area contributed by atoms with E-state index in [1.165, 1.54) is 0 Å². The van der Waals surface area contributed by atoms with E-state index in [2.05, 4.69) is 24.1 Å². The number of nitrogens with one attached hydrogen (secondary N) is 1. The lowest BCUT2D eigenvalue weighted by molar-refractivity contribution is 0.0935. The molecule has 0 heterocycles. The Morgan fingerprint density at radius 3 is 2.82 bits per heavy atom. The van der Waals surface area contributed by atoms with E-state index in [1.54, 1.807) is 6.07 Å². The van der Waals surface area contributed by atoms with Crippen LogP contribution >= 0.6 is 0 Å². The fourth-order valence-corrected chi connectivity index (χ4v) is 1.59. The number of hydrogen-bond donors (Lipinski definition) is 2. The van der Waals surface area contributed by atoms with Crippen LogP contribution in [0.15, 0.2) is 24.3 Å². The second-order valence-electron chi connectivity index (χ2n) is 4.57. The van der Waals surface area contributed by atoms with Gasteiger partial charge in [0.05, 0.1) is 12.1 Å². The molecule has 1 fully saturated rings. The standard InChI is InChI=1S/C14H16N2O/c1-14(8-9-14)16-13(17)12-7-3-2-5-11(12)6-4-10-15/h2-3,5,7H,8-10,15H2,1H3,(H,16,17). The van der Waals surface area contributed by atoms with Gasteiger partial charge in [0, 0.05) is 11.1 Å². The molecule has 0 saturated heterocycles. The Balaban J connectivity index is 2.21. The Labute approximate surface area is 101 Å². The molecule has 1 aliphatic carbocycles. The van der Waals surface area contributed by atoms with Crippen LogP contribution in [0.5, 0.6) is 0 Å². The van der Waals surface area contributed by atoms with Gasteiger partial charge >= 0.3 is 0 Å². The molecule has 0 bridgehead atoms. The molecule has 1 aromatic rings. The van der Waals surface area contributed by atoms with Crippen molar-refractivity contribution in [1.82, 2.24) is 5.32 Å². The summed E-state index contributed by atoms with van der Waals surface area (Å²) in [5.74, 6) is 5.65. The minimum Gasteiger partial charge on any atom is -0.347 e. The summed E-state index contributed by atoms with van der Waals surface area (Å²) >= 11 is 0. The second-order valence-corrected chi connectivity index (χ2v) is 4.57. The van der Waals surface area contributed by atoms with E-state index >= 15 is 0 Å². The molecular weight excluding hydrogens is 212 g/mol. The van der Waals surface area contributed by atoms with Crippen LogP contribution in [0.1, 0.15) is 35.7 Å². The number of carbonyl (C=O) groups is 1. The van der Waals surface area contributed by atoms with Crippen molar-refractivity contribution in [3.05, 3.63) is 35.4 Å². The number of benzene rings is 1. The van der Waals surface area contributed by atoms with Gasteiger partial charge < -0.3 is 11.1 Å². The molecule has 3 nitrogen and oxygen atoms in total. The normalized spacial score (nSPS) is 15.6. The predicted octanol–water partition coefficient (Wildman–Crippen LogP) is 1.28. The lowest BCUT2D eigenvalue weighted by Gasteiger charge is -2.12. The van der Waals surface area contributed by atoms with E-state index in [0.29, 0.717) is 12.1 Å². The Hall–Kier alpha value is -1.79. The van der Waals surface area contributed by atoms with Crippen molar-refractivity contribution in [3.8, 4) is 11.8 Å². The molecule has 0 unspecified atom stereocenters. The van der Waals surface area contributed by atoms with Crippen molar-refractivity contribution < 1.29 is 4.79 Å². The Bertz CT molecular complexity index is 492. The van der Waals surface area contributed by atoms with E-state index < -0.39 is 0 Å². The highest BCUT2D eigenvalue weighted by Crippen LogP contribution is 2.34. The predicted molar refractivity (Wildman–Crippen MR) is 67.5 cm³/mol. The first-order chi connectivity index (χ1) is 8.14. The van der Waals surface area contributed by atoms with Gasteiger partial charge in [-0.25, -0.2) is 0 Å². The molecule has 0 atom stereocenters. The molecule has 0 aliphatic heterocycles.